The number of aryl methyl sites for hydroxylation is 2. The molecule has 5 saturated heterocycles. The number of nitrogens with one attached hydrogen (secondary N) is 10. The lowest BCUT2D eigenvalue weighted by atomic mass is 9.93. The van der Waals surface area contributed by atoms with Crippen LogP contribution >= 0.6 is 79.7 Å². The summed E-state index contributed by atoms with van der Waals surface area (Å²) in [6.45, 7) is 26.4. The maximum Gasteiger partial charge on any atom is 0.298 e. The van der Waals surface area contributed by atoms with Crippen LogP contribution in [0.1, 0.15) is 120 Å². The van der Waals surface area contributed by atoms with Crippen LogP contribution in [0, 0.1) is 26.2 Å². The summed E-state index contributed by atoms with van der Waals surface area (Å²) in [4.78, 5) is 115. The fraction of sp³-hybridized carbons (Fsp3) is 0.381. The van der Waals surface area contributed by atoms with Crippen LogP contribution in [-0.4, -0.2) is 251 Å². The zero-order chi connectivity index (χ0) is 98.8. The molecule has 5 atom stereocenters. The number of nitrogens with zero attached hydrogens (tertiary/aromatic N) is 23. The number of fused-ring (bicyclic) bond motifs is 5. The number of rotatable bonds is 29. The van der Waals surface area contributed by atoms with Gasteiger partial charge in [-0.15, -0.1) is 63.1 Å². The molecular formula is C97H111N33O6S7. The largest absolute Gasteiger partial charge is 0.383 e. The molecule has 7 fully saturated rings. The number of amides is 5. The Morgan fingerprint density at radius 1 is 0.399 bits per heavy atom. The third-order valence-electron chi connectivity index (χ3n) is 25.2. The SMILES string of the molecule is C#CC(=O)N1CC[C@@H](Nc2nc(Nc3cc(C)ns3)nc3ccsc23)C1.C=CC(=O)N1CCC[C@@H](Nc2nc(Nc3cnn(C4CCC4)c3)nc3ccsc23)C1.C=CC(=O)N1CCC[C@@H](Nc2nc(Nc3cnn(C4CCCC4)c3)nc3ccsc23)C1.C=CC(=O)N1CCC[C@@H](Nc2nc(Nc3cnn(CCOC)c3)nc3ccsc23)C1.C=CC(=O)N1CC[C@@H](Nc2nc(Nc3cc(C)ns3)nc3ccsc23)C1. The number of ether oxygens (including phenoxy) is 1. The van der Waals surface area contributed by atoms with Crippen molar-refractivity contribution in [3.8, 4) is 12.3 Å². The molecule has 0 aromatic carbocycles. The molecule has 7 aliphatic rings. The summed E-state index contributed by atoms with van der Waals surface area (Å²) >= 11 is 10.8. The van der Waals surface area contributed by atoms with Crippen molar-refractivity contribution < 1.29 is 28.7 Å². The second-order valence-electron chi connectivity index (χ2n) is 35.4. The molecule has 10 N–H and O–H groups in total. The minimum absolute atomic E-state index is 0.0166. The van der Waals surface area contributed by atoms with Gasteiger partial charge in [0.15, 0.2) is 0 Å². The van der Waals surface area contributed by atoms with Crippen molar-refractivity contribution in [1.29, 1.82) is 0 Å². The molecule has 0 bridgehead atoms. The quantitative estimate of drug-likeness (QED) is 0.0154. The topological polar surface area (TPSA) is 439 Å². The Morgan fingerprint density at radius 3 is 1.03 bits per heavy atom. The summed E-state index contributed by atoms with van der Waals surface area (Å²) in [6, 6.07) is 15.6. The first kappa shape index (κ1) is 99.1. The predicted octanol–water partition coefficient (Wildman–Crippen LogP) is 17.4. The normalized spacial score (nSPS) is 17.9. The molecule has 5 aliphatic heterocycles. The van der Waals surface area contributed by atoms with Crippen molar-refractivity contribution >= 4 is 246 Å². The number of aromatic nitrogens is 18. The highest BCUT2D eigenvalue weighted by Crippen LogP contribution is 2.39. The summed E-state index contributed by atoms with van der Waals surface area (Å²) in [5, 5.41) is 59.1. The van der Waals surface area contributed by atoms with Gasteiger partial charge in [-0.05, 0) is 220 Å². The average molecular weight is 2060 g/mol. The number of anilines is 15. The van der Waals surface area contributed by atoms with E-state index in [4.69, 9.17) is 26.1 Å². The second kappa shape index (κ2) is 46.8. The van der Waals surface area contributed by atoms with Gasteiger partial charge < -0.3 is 82.4 Å². The fourth-order valence-electron chi connectivity index (χ4n) is 17.9. The molecule has 15 aromatic rings. The van der Waals surface area contributed by atoms with E-state index in [9.17, 15) is 24.0 Å². The molecule has 143 heavy (non-hydrogen) atoms. The highest BCUT2D eigenvalue weighted by molar-refractivity contribution is 7.19. The lowest BCUT2D eigenvalue weighted by Crippen LogP contribution is -2.44. The van der Waals surface area contributed by atoms with Crippen molar-refractivity contribution in [2.75, 3.05) is 132 Å². The Morgan fingerprint density at radius 2 is 0.713 bits per heavy atom. The van der Waals surface area contributed by atoms with E-state index in [-0.39, 0.29) is 59.7 Å². The Bertz CT molecular complexity index is 7070. The van der Waals surface area contributed by atoms with Gasteiger partial charge in [0.1, 0.15) is 39.1 Å². The van der Waals surface area contributed by atoms with Gasteiger partial charge in [-0.2, -0.15) is 49.0 Å². The van der Waals surface area contributed by atoms with E-state index in [1.54, 1.807) is 84.5 Å². The summed E-state index contributed by atoms with van der Waals surface area (Å²) in [5.74, 6) is 8.46. The van der Waals surface area contributed by atoms with Crippen molar-refractivity contribution in [3.05, 3.63) is 169 Å². The molecule has 46 heteroatoms. The molecule has 742 valence electrons. The van der Waals surface area contributed by atoms with E-state index in [0.717, 1.165) is 196 Å². The number of carbonyl (C=O) groups excluding carboxylic acids is 5. The minimum Gasteiger partial charge on any atom is -0.383 e. The molecule has 15 aromatic heterocycles. The minimum atomic E-state index is -0.263. The Balaban J connectivity index is 0.000000118. The van der Waals surface area contributed by atoms with Crippen LogP contribution in [0.3, 0.4) is 0 Å². The van der Waals surface area contributed by atoms with Crippen LogP contribution in [0.5, 0.6) is 0 Å². The Labute approximate surface area is 853 Å². The number of piperidine rings is 3. The first-order chi connectivity index (χ1) is 69.8. The van der Waals surface area contributed by atoms with Gasteiger partial charge in [-0.3, -0.25) is 38.0 Å². The monoisotopic (exact) mass is 2060 g/mol. The number of carbonyl (C=O) groups is 5. The number of hydrogen-bond acceptors (Lipinski definition) is 38. The molecule has 22 rings (SSSR count). The number of likely N-dealkylation sites (tertiary alicyclic amines) is 5. The second-order valence-corrected chi connectivity index (χ2v) is 41.6. The summed E-state index contributed by atoms with van der Waals surface area (Å²) in [6.07, 6.45) is 38.2. The van der Waals surface area contributed by atoms with Crippen molar-refractivity contribution in [3.63, 3.8) is 0 Å². The first-order valence-corrected chi connectivity index (χ1v) is 53.5. The molecule has 0 radical (unpaired) electrons. The zero-order valence-electron chi connectivity index (χ0n) is 79.3. The van der Waals surface area contributed by atoms with E-state index in [2.05, 4.69) is 149 Å². The predicted molar refractivity (Wildman–Crippen MR) is 573 cm³/mol. The van der Waals surface area contributed by atoms with Crippen LogP contribution < -0.4 is 53.2 Å². The first-order valence-electron chi connectivity index (χ1n) is 47.6. The van der Waals surface area contributed by atoms with E-state index in [1.165, 1.54) is 92.3 Å². The zero-order valence-corrected chi connectivity index (χ0v) is 85.0. The molecular weight excluding hydrogens is 1950 g/mol. The fourth-order valence-corrected chi connectivity index (χ4v) is 23.1. The lowest BCUT2D eigenvalue weighted by molar-refractivity contribution is -0.127. The smallest absolute Gasteiger partial charge is 0.298 e. The summed E-state index contributed by atoms with van der Waals surface area (Å²) in [5.41, 5.74) is 8.98. The van der Waals surface area contributed by atoms with Gasteiger partial charge in [0.05, 0.1) is 123 Å². The molecule has 0 unspecified atom stereocenters. The van der Waals surface area contributed by atoms with E-state index in [0.29, 0.717) is 94.2 Å². The lowest BCUT2D eigenvalue weighted by Gasteiger charge is -2.32. The van der Waals surface area contributed by atoms with Crippen LogP contribution in [-0.2, 0) is 35.3 Å². The third kappa shape index (κ3) is 25.2. The van der Waals surface area contributed by atoms with Crippen LogP contribution in [0.15, 0.2) is 157 Å². The average Bonchev–Trinajstić information content (AvgIpc) is 1.69. The number of thiophene rings is 5. The maximum atomic E-state index is 12.0. The summed E-state index contributed by atoms with van der Waals surface area (Å²) < 4.78 is 24.6. The Kier molecular flexibility index (Phi) is 32.4. The number of methoxy groups -OCH3 is 1. The number of hydrogen-bond donors (Lipinski definition) is 10. The Hall–Kier alpha value is -14.1. The van der Waals surface area contributed by atoms with Crippen LogP contribution in [0.4, 0.5) is 85.9 Å². The maximum absolute atomic E-state index is 12.0. The molecule has 0 spiro atoms. The van der Waals surface area contributed by atoms with E-state index in [1.807, 2.05) is 134 Å². The van der Waals surface area contributed by atoms with Gasteiger partial charge >= 0.3 is 0 Å². The van der Waals surface area contributed by atoms with Crippen LogP contribution in [0.25, 0.3) is 51.1 Å². The molecule has 20 heterocycles. The van der Waals surface area contributed by atoms with Crippen LogP contribution in [0.2, 0.25) is 0 Å². The van der Waals surface area contributed by atoms with Crippen molar-refractivity contribution in [2.24, 2.45) is 0 Å². The third-order valence-corrected chi connectivity index (χ3v) is 31.4. The molecule has 2 aliphatic carbocycles. The van der Waals surface area contributed by atoms with Gasteiger partial charge in [-0.25, -0.2) is 24.9 Å². The number of terminal acetylenes is 1. The molecule has 5 amide bonds. The van der Waals surface area contributed by atoms with Gasteiger partial charge in [0.25, 0.3) is 5.91 Å². The van der Waals surface area contributed by atoms with Gasteiger partial charge in [0, 0.05) is 121 Å². The van der Waals surface area contributed by atoms with Crippen molar-refractivity contribution in [1.82, 2.24) is 112 Å². The summed E-state index contributed by atoms with van der Waals surface area (Å²) in [7, 11) is 1.67. The van der Waals surface area contributed by atoms with E-state index >= 15 is 0 Å². The highest BCUT2D eigenvalue weighted by atomic mass is 32.1. The van der Waals surface area contributed by atoms with E-state index < -0.39 is 0 Å². The van der Waals surface area contributed by atoms with Gasteiger partial charge in [-0.1, -0.05) is 39.2 Å². The van der Waals surface area contributed by atoms with Gasteiger partial charge in [0.2, 0.25) is 53.4 Å². The molecule has 2 saturated carbocycles. The van der Waals surface area contributed by atoms with Crippen molar-refractivity contribution in [2.45, 2.75) is 159 Å². The molecule has 39 nitrogen and oxygen atoms in total. The standard InChI is InChI=1S/C22H27N7OS.C21H25N7OS.C20H25N7O2S.C17H18N6OS2.C17H16N6OS2/c1-2-19(30)28-10-5-6-15(13-28)24-21-20-18(9-11-31-20)26-22(27-21)25-16-12-23-29(14-16)17-7-3-4-8-17;1-2-18(29)27-9-4-5-14(12-27)23-20-19-17(8-10-30-19)25-21(26-20)24-15-11-22-28(13-15)16-6-3-7-16;1-3-17(28)26-7-4-5-14(12-26)22-19-18-16(6-10-30-18)24-20(25-19)23-15-11-21-27(13-15)8-9-29-2;2*1-3-14(24)23-6-4-11(9-23)18-16-15-12(5-7-25-15)19-17(21-16)20-13-8-10(2)22-26-13/h2,9,11-12,14-15,17H,1,3-8,10,13H2,(H2,24,25,26,27);2,8,10-11,13-14,16H,1,3-7,9,12H2,(H2,23,24,25,26);3,6,10-11,13-14H,1,4-5,7-9,12H2,2H3,(H2,22,23,24,25);3,5,7-8,11H,1,4,6,9H2,2H3,(H2,18,19,20,21);1,5,7-8,11H,4,6,9H2,2H3,(H2,18,19,20,21)/t15-;2*14-;2*11-/m11111/s1. The highest BCUT2D eigenvalue weighted by Gasteiger charge is 2.33.